The molecule has 0 radical (unpaired) electrons. The van der Waals surface area contributed by atoms with E-state index in [0.29, 0.717) is 5.56 Å². The predicted molar refractivity (Wildman–Crippen MR) is 56.3 cm³/mol. The first-order chi connectivity index (χ1) is 6.34. The largest absolute Gasteiger partial charge is 0.417 e. The number of benzene rings is 1. The fraction of sp³-hybridized carbons (Fsp3) is 0.333. The molecule has 0 heterocycles. The topological polar surface area (TPSA) is 26.0 Å². The van der Waals surface area contributed by atoms with E-state index < -0.39 is 17.8 Å². The lowest BCUT2D eigenvalue weighted by Gasteiger charge is -2.14. The van der Waals surface area contributed by atoms with E-state index in [1.165, 1.54) is 12.1 Å². The van der Waals surface area contributed by atoms with E-state index in [4.69, 9.17) is 17.3 Å². The molecule has 15 heavy (non-hydrogen) atoms. The predicted octanol–water partition coefficient (Wildman–Crippen LogP) is 3.80. The third kappa shape index (κ3) is 3.26. The van der Waals surface area contributed by atoms with Gasteiger partial charge in [-0.1, -0.05) is 23.7 Å². The maximum atomic E-state index is 12.4. The number of alkyl halides is 3. The number of hydrogen-bond acceptors (Lipinski definition) is 1. The zero-order valence-corrected chi connectivity index (χ0v) is 9.38. The molecule has 0 aliphatic carbocycles. The van der Waals surface area contributed by atoms with Crippen molar-refractivity contribution in [3.63, 3.8) is 0 Å². The van der Waals surface area contributed by atoms with Crippen LogP contribution in [0.3, 0.4) is 0 Å². The molecule has 1 aromatic carbocycles. The molecule has 0 fully saturated rings. The number of halogens is 5. The van der Waals surface area contributed by atoms with Gasteiger partial charge in [-0.3, -0.25) is 0 Å². The van der Waals surface area contributed by atoms with Crippen LogP contribution in [0, 0.1) is 0 Å². The van der Waals surface area contributed by atoms with Gasteiger partial charge in [0.2, 0.25) is 0 Å². The molecule has 0 saturated carbocycles. The fourth-order valence-electron chi connectivity index (χ4n) is 1.12. The van der Waals surface area contributed by atoms with Gasteiger partial charge in [0, 0.05) is 6.04 Å². The van der Waals surface area contributed by atoms with Gasteiger partial charge in [0.15, 0.2) is 0 Å². The van der Waals surface area contributed by atoms with E-state index >= 15 is 0 Å². The summed E-state index contributed by atoms with van der Waals surface area (Å²) in [5, 5.41) is -0.310. The average molecular weight is 260 g/mol. The second-order valence-electron chi connectivity index (χ2n) is 3.00. The molecular weight excluding hydrogens is 250 g/mol. The highest BCUT2D eigenvalue weighted by Crippen LogP contribution is 2.37. The Labute approximate surface area is 96.8 Å². The third-order valence-electron chi connectivity index (χ3n) is 1.82. The second-order valence-corrected chi connectivity index (χ2v) is 3.37. The number of nitrogens with two attached hydrogens (primary N) is 1. The molecule has 1 nitrogen and oxygen atoms in total. The summed E-state index contributed by atoms with van der Waals surface area (Å²) >= 11 is 5.59. The van der Waals surface area contributed by atoms with Gasteiger partial charge >= 0.3 is 6.18 Å². The summed E-state index contributed by atoms with van der Waals surface area (Å²) < 4.78 is 37.1. The zero-order valence-electron chi connectivity index (χ0n) is 7.81. The second kappa shape index (κ2) is 5.05. The third-order valence-corrected chi connectivity index (χ3v) is 2.25. The summed E-state index contributed by atoms with van der Waals surface area (Å²) in [5.74, 6) is 0. The van der Waals surface area contributed by atoms with E-state index in [-0.39, 0.29) is 17.4 Å². The highest BCUT2D eigenvalue weighted by Gasteiger charge is 2.33. The normalized spacial score (nSPS) is 13.2. The van der Waals surface area contributed by atoms with Crippen molar-refractivity contribution >= 4 is 24.0 Å². The van der Waals surface area contributed by atoms with Gasteiger partial charge in [0.05, 0.1) is 10.6 Å². The maximum Gasteiger partial charge on any atom is 0.417 e. The molecule has 0 aliphatic rings. The molecule has 1 rings (SSSR count). The summed E-state index contributed by atoms with van der Waals surface area (Å²) in [4.78, 5) is 0. The minimum absolute atomic E-state index is 0. The lowest BCUT2D eigenvalue weighted by Crippen LogP contribution is -2.11. The average Bonchev–Trinajstić information content (AvgIpc) is 2.01. The lowest BCUT2D eigenvalue weighted by molar-refractivity contribution is -0.137. The van der Waals surface area contributed by atoms with Crippen LogP contribution >= 0.6 is 24.0 Å². The molecule has 0 amide bonds. The molecule has 0 bridgehead atoms. The van der Waals surface area contributed by atoms with Crippen molar-refractivity contribution in [3.8, 4) is 0 Å². The first kappa shape index (κ1) is 14.5. The summed E-state index contributed by atoms with van der Waals surface area (Å²) in [6.07, 6.45) is -4.43. The van der Waals surface area contributed by atoms with Crippen molar-refractivity contribution in [2.45, 2.75) is 19.1 Å². The fourth-order valence-corrected chi connectivity index (χ4v) is 1.53. The van der Waals surface area contributed by atoms with E-state index in [2.05, 4.69) is 0 Å². The minimum atomic E-state index is -4.43. The summed E-state index contributed by atoms with van der Waals surface area (Å²) in [6.45, 7) is 1.58. The molecule has 1 atom stereocenters. The number of hydrogen-bond donors (Lipinski definition) is 1. The Morgan fingerprint density at radius 2 is 1.87 bits per heavy atom. The summed E-state index contributed by atoms with van der Waals surface area (Å²) in [7, 11) is 0. The molecule has 0 unspecified atom stereocenters. The van der Waals surface area contributed by atoms with Gasteiger partial charge in [-0.25, -0.2) is 0 Å². The molecule has 0 aliphatic heterocycles. The van der Waals surface area contributed by atoms with Crippen molar-refractivity contribution in [1.82, 2.24) is 0 Å². The van der Waals surface area contributed by atoms with Gasteiger partial charge in [-0.15, -0.1) is 12.4 Å². The molecule has 0 saturated heterocycles. The Morgan fingerprint density at radius 1 is 1.33 bits per heavy atom. The molecular formula is C9H10Cl2F3N. The Hall–Kier alpha value is -0.450. The summed E-state index contributed by atoms with van der Waals surface area (Å²) in [6, 6.07) is 3.22. The van der Waals surface area contributed by atoms with Crippen molar-refractivity contribution < 1.29 is 13.2 Å². The Balaban J connectivity index is 0.00000196. The number of rotatable bonds is 1. The molecule has 6 heteroatoms. The Bertz CT molecular complexity index is 337. The monoisotopic (exact) mass is 259 g/mol. The molecule has 0 spiro atoms. The van der Waals surface area contributed by atoms with Crippen LogP contribution in [-0.4, -0.2) is 0 Å². The van der Waals surface area contributed by atoms with Crippen LogP contribution in [0.4, 0.5) is 13.2 Å². The molecule has 1 aromatic rings. The van der Waals surface area contributed by atoms with Crippen LogP contribution < -0.4 is 5.73 Å². The van der Waals surface area contributed by atoms with Gasteiger partial charge in [0.25, 0.3) is 0 Å². The van der Waals surface area contributed by atoms with E-state index in [1.807, 2.05) is 0 Å². The van der Waals surface area contributed by atoms with Crippen molar-refractivity contribution in [2.75, 3.05) is 0 Å². The standard InChI is InChI=1S/C9H9ClF3N.ClH/c1-5(14)6-3-2-4-7(8(6)10)9(11,12)13;/h2-5H,14H2,1H3;1H/t5-;/m0./s1. The first-order valence-corrected chi connectivity index (χ1v) is 4.33. The van der Waals surface area contributed by atoms with Crippen LogP contribution in [-0.2, 0) is 6.18 Å². The van der Waals surface area contributed by atoms with E-state index in [1.54, 1.807) is 6.92 Å². The molecule has 2 N–H and O–H groups in total. The Morgan fingerprint density at radius 3 is 2.27 bits per heavy atom. The van der Waals surface area contributed by atoms with E-state index in [9.17, 15) is 13.2 Å². The lowest BCUT2D eigenvalue weighted by atomic mass is 10.1. The SMILES string of the molecule is C[C@H](N)c1cccc(C(F)(F)F)c1Cl.Cl. The van der Waals surface area contributed by atoms with Gasteiger partial charge in [0.1, 0.15) is 0 Å². The Kier molecular flexibility index (Phi) is 4.90. The van der Waals surface area contributed by atoms with Crippen LogP contribution in [0.25, 0.3) is 0 Å². The van der Waals surface area contributed by atoms with Crippen LogP contribution in [0.5, 0.6) is 0 Å². The smallest absolute Gasteiger partial charge is 0.324 e. The van der Waals surface area contributed by atoms with Gasteiger partial charge in [-0.2, -0.15) is 13.2 Å². The van der Waals surface area contributed by atoms with Gasteiger partial charge < -0.3 is 5.73 Å². The van der Waals surface area contributed by atoms with Crippen LogP contribution in [0.1, 0.15) is 24.1 Å². The highest BCUT2D eigenvalue weighted by atomic mass is 35.5. The highest BCUT2D eigenvalue weighted by molar-refractivity contribution is 6.32. The van der Waals surface area contributed by atoms with Crippen molar-refractivity contribution in [1.29, 1.82) is 0 Å². The minimum Gasteiger partial charge on any atom is -0.324 e. The summed E-state index contributed by atoms with van der Waals surface area (Å²) in [5.41, 5.74) is 4.94. The quantitative estimate of drug-likeness (QED) is 0.816. The maximum absolute atomic E-state index is 12.4. The van der Waals surface area contributed by atoms with Crippen LogP contribution in [0.2, 0.25) is 5.02 Å². The van der Waals surface area contributed by atoms with E-state index in [0.717, 1.165) is 6.07 Å². The molecule has 86 valence electrons. The first-order valence-electron chi connectivity index (χ1n) is 3.95. The van der Waals surface area contributed by atoms with Crippen molar-refractivity contribution in [3.05, 3.63) is 34.3 Å². The van der Waals surface area contributed by atoms with Crippen LogP contribution in [0.15, 0.2) is 18.2 Å². The van der Waals surface area contributed by atoms with Crippen molar-refractivity contribution in [2.24, 2.45) is 5.73 Å². The molecule has 0 aromatic heterocycles. The van der Waals surface area contributed by atoms with Gasteiger partial charge in [-0.05, 0) is 18.6 Å². The zero-order chi connectivity index (χ0) is 10.9.